The molecule has 1 N–H and O–H groups in total. The summed E-state index contributed by atoms with van der Waals surface area (Å²) in [6.07, 6.45) is 0.564. The first-order valence-electron chi connectivity index (χ1n) is 13.3. The molecule has 1 amide bonds. The Balaban J connectivity index is 1.46. The molecular formula is C28H32F3N7OS2. The maximum Gasteiger partial charge on any atom is 0.416 e. The van der Waals surface area contributed by atoms with Gasteiger partial charge >= 0.3 is 6.18 Å². The molecule has 3 aromatic heterocycles. The molecule has 13 heteroatoms. The normalized spacial score (nSPS) is 12.6. The maximum atomic E-state index is 13.5. The van der Waals surface area contributed by atoms with Gasteiger partial charge in [-0.25, -0.2) is 4.98 Å². The second-order valence-corrected chi connectivity index (χ2v) is 11.3. The second kappa shape index (κ2) is 14.1. The Morgan fingerprint density at radius 3 is 2.68 bits per heavy atom. The average Bonchev–Trinajstić information content (AvgIpc) is 3.62. The summed E-state index contributed by atoms with van der Waals surface area (Å²) in [5.74, 6) is 0.509. The number of carbonyl (C=O) groups excluding carboxylic acids is 1. The van der Waals surface area contributed by atoms with Gasteiger partial charge in [-0.15, -0.1) is 21.5 Å². The van der Waals surface area contributed by atoms with Crippen LogP contribution in [0.2, 0.25) is 0 Å². The van der Waals surface area contributed by atoms with Crippen molar-refractivity contribution in [2.24, 2.45) is 0 Å². The van der Waals surface area contributed by atoms with Crippen molar-refractivity contribution in [3.8, 4) is 17.1 Å². The molecule has 0 aliphatic rings. The number of nitrogens with one attached hydrogen (secondary N) is 1. The third-order valence-electron chi connectivity index (χ3n) is 6.48. The first kappa shape index (κ1) is 30.7. The third kappa shape index (κ3) is 8.14. The number of amides is 1. The number of nitrogens with zero attached hydrogens (tertiary/aromatic N) is 6. The number of rotatable bonds is 13. The quantitative estimate of drug-likeness (QED) is 0.179. The molecule has 218 valence electrons. The van der Waals surface area contributed by atoms with Gasteiger partial charge in [-0.1, -0.05) is 31.7 Å². The molecule has 8 nitrogen and oxygen atoms in total. The molecule has 0 radical (unpaired) electrons. The Labute approximate surface area is 245 Å². The molecule has 0 saturated carbocycles. The molecule has 4 rings (SSSR count). The van der Waals surface area contributed by atoms with Crippen molar-refractivity contribution in [3.05, 3.63) is 70.4 Å². The van der Waals surface area contributed by atoms with Crippen LogP contribution in [0, 0.1) is 0 Å². The zero-order chi connectivity index (χ0) is 29.4. The SMILES string of the molecule is CCN(CC)CCCC(C)NC(=O)c1csc(CSc2nnc(-c3cccnc3)n2-c2cccc(C(F)(F)F)c2)n1. The monoisotopic (exact) mass is 603 g/mol. The first-order chi connectivity index (χ1) is 19.7. The molecule has 4 aromatic rings. The van der Waals surface area contributed by atoms with E-state index in [1.54, 1.807) is 40.5 Å². The van der Waals surface area contributed by atoms with Crippen molar-refractivity contribution < 1.29 is 18.0 Å². The number of benzene rings is 1. The van der Waals surface area contributed by atoms with Gasteiger partial charge in [0.1, 0.15) is 10.7 Å². The zero-order valence-corrected chi connectivity index (χ0v) is 24.7. The standard InChI is InChI=1S/C28H32F3N7OS2/c1-4-37(5-2)14-8-9-19(3)33-26(39)23-17-40-24(34-23)18-41-27-36-35-25(20-10-7-13-32-16-20)38(27)22-12-6-11-21(15-22)28(29,30)31/h6-7,10-13,15-17,19H,4-5,8-9,14,18H2,1-3H3,(H,33,39). The fourth-order valence-electron chi connectivity index (χ4n) is 4.24. The van der Waals surface area contributed by atoms with Gasteiger partial charge in [0.2, 0.25) is 0 Å². The summed E-state index contributed by atoms with van der Waals surface area (Å²) in [4.78, 5) is 23.7. The van der Waals surface area contributed by atoms with E-state index >= 15 is 0 Å². The number of pyridine rings is 1. The van der Waals surface area contributed by atoms with Crippen LogP contribution in [-0.2, 0) is 11.9 Å². The van der Waals surface area contributed by atoms with Gasteiger partial charge in [0.05, 0.1) is 17.0 Å². The van der Waals surface area contributed by atoms with Crippen molar-refractivity contribution in [1.82, 2.24) is 34.9 Å². The van der Waals surface area contributed by atoms with E-state index in [0.29, 0.717) is 33.0 Å². The number of thiazole rings is 1. The highest BCUT2D eigenvalue weighted by atomic mass is 32.2. The van der Waals surface area contributed by atoms with Gasteiger partial charge in [-0.05, 0) is 69.7 Å². The smallest absolute Gasteiger partial charge is 0.348 e. The maximum absolute atomic E-state index is 13.5. The molecule has 41 heavy (non-hydrogen) atoms. The summed E-state index contributed by atoms with van der Waals surface area (Å²) in [6.45, 7) is 9.29. The van der Waals surface area contributed by atoms with E-state index in [-0.39, 0.29) is 17.6 Å². The third-order valence-corrected chi connectivity index (χ3v) is 8.45. The van der Waals surface area contributed by atoms with E-state index in [0.717, 1.165) is 44.6 Å². The van der Waals surface area contributed by atoms with E-state index in [4.69, 9.17) is 0 Å². The Kier molecular flexibility index (Phi) is 10.5. The van der Waals surface area contributed by atoms with Gasteiger partial charge in [0.25, 0.3) is 5.91 Å². The minimum absolute atomic E-state index is 0.0227. The van der Waals surface area contributed by atoms with Crippen LogP contribution in [0.4, 0.5) is 13.2 Å². The molecule has 1 unspecified atom stereocenters. The van der Waals surface area contributed by atoms with Crippen LogP contribution in [0.5, 0.6) is 0 Å². The predicted molar refractivity (Wildman–Crippen MR) is 155 cm³/mol. The van der Waals surface area contributed by atoms with Crippen molar-refractivity contribution in [2.75, 3.05) is 19.6 Å². The summed E-state index contributed by atoms with van der Waals surface area (Å²) in [5, 5.41) is 14.4. The molecular weight excluding hydrogens is 571 g/mol. The van der Waals surface area contributed by atoms with Crippen LogP contribution in [-0.4, -0.2) is 61.2 Å². The average molecular weight is 604 g/mol. The molecule has 0 spiro atoms. The molecule has 3 heterocycles. The minimum Gasteiger partial charge on any atom is -0.348 e. The Hall–Kier alpha value is -3.29. The summed E-state index contributed by atoms with van der Waals surface area (Å²) < 4.78 is 42.0. The minimum atomic E-state index is -4.49. The number of alkyl halides is 3. The fourth-order valence-corrected chi connectivity index (χ4v) is 5.98. The van der Waals surface area contributed by atoms with Gasteiger partial charge in [0.15, 0.2) is 11.0 Å². The van der Waals surface area contributed by atoms with E-state index in [1.165, 1.54) is 29.2 Å². The highest BCUT2D eigenvalue weighted by molar-refractivity contribution is 7.98. The Morgan fingerprint density at radius 1 is 1.17 bits per heavy atom. The van der Waals surface area contributed by atoms with Gasteiger partial charge in [-0.3, -0.25) is 14.3 Å². The van der Waals surface area contributed by atoms with Crippen LogP contribution in [0.25, 0.3) is 17.1 Å². The number of aromatic nitrogens is 5. The lowest BCUT2D eigenvalue weighted by Gasteiger charge is -2.19. The lowest BCUT2D eigenvalue weighted by molar-refractivity contribution is -0.137. The first-order valence-corrected chi connectivity index (χ1v) is 15.2. The zero-order valence-electron chi connectivity index (χ0n) is 23.1. The van der Waals surface area contributed by atoms with E-state index in [9.17, 15) is 18.0 Å². The molecule has 0 aliphatic heterocycles. The van der Waals surface area contributed by atoms with Gasteiger partial charge in [0, 0.05) is 29.4 Å². The molecule has 0 aliphatic carbocycles. The number of carbonyl (C=O) groups is 1. The summed E-state index contributed by atoms with van der Waals surface area (Å²) in [6, 6.07) is 8.55. The highest BCUT2D eigenvalue weighted by Crippen LogP contribution is 2.34. The van der Waals surface area contributed by atoms with Crippen LogP contribution in [0.3, 0.4) is 0 Å². The number of hydrogen-bond donors (Lipinski definition) is 1. The molecule has 0 fully saturated rings. The summed E-state index contributed by atoms with van der Waals surface area (Å²) in [5.41, 5.74) is 0.468. The van der Waals surface area contributed by atoms with Gasteiger partial charge in [-0.2, -0.15) is 13.2 Å². The number of hydrogen-bond acceptors (Lipinski definition) is 8. The fraction of sp³-hybridized carbons (Fsp3) is 0.393. The summed E-state index contributed by atoms with van der Waals surface area (Å²) in [7, 11) is 0. The van der Waals surface area contributed by atoms with Crippen LogP contribution in [0.1, 0.15) is 54.7 Å². The molecule has 1 aromatic carbocycles. The lowest BCUT2D eigenvalue weighted by atomic mass is 10.1. The van der Waals surface area contributed by atoms with Crippen molar-refractivity contribution in [1.29, 1.82) is 0 Å². The number of halogens is 3. The van der Waals surface area contributed by atoms with Crippen molar-refractivity contribution in [2.45, 2.75) is 56.7 Å². The van der Waals surface area contributed by atoms with E-state index < -0.39 is 11.7 Å². The van der Waals surface area contributed by atoms with Crippen LogP contribution < -0.4 is 5.32 Å². The number of thioether (sulfide) groups is 1. The molecule has 0 saturated heterocycles. The van der Waals surface area contributed by atoms with Gasteiger partial charge < -0.3 is 10.2 Å². The van der Waals surface area contributed by atoms with Crippen molar-refractivity contribution >= 4 is 29.0 Å². The van der Waals surface area contributed by atoms with E-state index in [2.05, 4.69) is 44.2 Å². The predicted octanol–water partition coefficient (Wildman–Crippen LogP) is 6.34. The van der Waals surface area contributed by atoms with Crippen LogP contribution >= 0.6 is 23.1 Å². The van der Waals surface area contributed by atoms with Crippen molar-refractivity contribution in [3.63, 3.8) is 0 Å². The molecule has 0 bridgehead atoms. The topological polar surface area (TPSA) is 88.8 Å². The molecule has 1 atom stereocenters. The lowest BCUT2D eigenvalue weighted by Crippen LogP contribution is -2.33. The Bertz CT molecular complexity index is 1420. The highest BCUT2D eigenvalue weighted by Gasteiger charge is 2.31. The largest absolute Gasteiger partial charge is 0.416 e. The van der Waals surface area contributed by atoms with E-state index in [1.807, 2.05) is 6.92 Å². The van der Waals surface area contributed by atoms with Crippen LogP contribution in [0.15, 0.2) is 59.3 Å². The summed E-state index contributed by atoms with van der Waals surface area (Å²) >= 11 is 2.63. The second-order valence-electron chi connectivity index (χ2n) is 9.39. The Morgan fingerprint density at radius 2 is 1.98 bits per heavy atom.